The number of aliphatic imine (C=N–C) groups is 1. The minimum absolute atomic E-state index is 0.0145. The molecule has 4 rings (SSSR count). The highest BCUT2D eigenvalue weighted by Gasteiger charge is 2.12. The van der Waals surface area contributed by atoms with Crippen molar-refractivity contribution in [2.24, 2.45) is 10.7 Å². The SMILES string of the molecule is COc1ccc(C(=O)/N=C(\N)NCc2cnc(-c3ccc(Cl)cc3)c(-c3ccc(Cl)cc3)c2)cc1. The van der Waals surface area contributed by atoms with Crippen molar-refractivity contribution in [1.29, 1.82) is 0 Å². The Morgan fingerprint density at radius 1 is 0.943 bits per heavy atom. The number of carbonyl (C=O) groups excluding carboxylic acids is 1. The van der Waals surface area contributed by atoms with Crippen molar-refractivity contribution in [3.05, 3.63) is 106 Å². The maximum absolute atomic E-state index is 12.4. The number of methoxy groups -OCH3 is 1. The van der Waals surface area contributed by atoms with E-state index in [0.29, 0.717) is 27.9 Å². The van der Waals surface area contributed by atoms with Gasteiger partial charge in [-0.15, -0.1) is 0 Å². The van der Waals surface area contributed by atoms with Gasteiger partial charge in [0, 0.05) is 39.5 Å². The zero-order valence-corrected chi connectivity index (χ0v) is 20.3. The maximum atomic E-state index is 12.4. The number of ether oxygens (including phenoxy) is 1. The van der Waals surface area contributed by atoms with Crippen molar-refractivity contribution < 1.29 is 9.53 Å². The van der Waals surface area contributed by atoms with E-state index in [1.165, 1.54) is 0 Å². The molecular formula is C27H22Cl2N4O2. The molecule has 0 aliphatic heterocycles. The molecule has 8 heteroatoms. The summed E-state index contributed by atoms with van der Waals surface area (Å²) >= 11 is 12.2. The van der Waals surface area contributed by atoms with Gasteiger partial charge >= 0.3 is 0 Å². The van der Waals surface area contributed by atoms with Crippen LogP contribution in [-0.2, 0) is 6.54 Å². The van der Waals surface area contributed by atoms with E-state index in [2.05, 4.69) is 10.3 Å². The molecular weight excluding hydrogens is 483 g/mol. The summed E-state index contributed by atoms with van der Waals surface area (Å²) in [7, 11) is 1.56. The van der Waals surface area contributed by atoms with Crippen molar-refractivity contribution >= 4 is 35.1 Å². The molecule has 0 aliphatic carbocycles. The summed E-state index contributed by atoms with van der Waals surface area (Å²) in [5, 5.41) is 4.29. The zero-order chi connectivity index (χ0) is 24.8. The summed E-state index contributed by atoms with van der Waals surface area (Å²) in [4.78, 5) is 21.0. The van der Waals surface area contributed by atoms with Gasteiger partial charge < -0.3 is 15.8 Å². The zero-order valence-electron chi connectivity index (χ0n) is 18.8. The summed E-state index contributed by atoms with van der Waals surface area (Å²) in [6, 6.07) is 23.8. The summed E-state index contributed by atoms with van der Waals surface area (Å²) in [5.74, 6) is 0.221. The topological polar surface area (TPSA) is 89.6 Å². The molecule has 35 heavy (non-hydrogen) atoms. The average Bonchev–Trinajstić information content (AvgIpc) is 2.88. The molecule has 3 aromatic carbocycles. The van der Waals surface area contributed by atoms with E-state index in [-0.39, 0.29) is 5.96 Å². The molecule has 0 saturated heterocycles. The standard InChI is InChI=1S/C27H22Cl2N4O2/c1-35-23-12-6-20(7-13-23)26(34)33-27(30)32-16-17-14-24(18-2-8-21(28)9-3-18)25(31-15-17)19-4-10-22(29)11-5-19/h2-15H,16H2,1H3,(H3,30,32,33,34). The van der Waals surface area contributed by atoms with Crippen LogP contribution < -0.4 is 15.8 Å². The van der Waals surface area contributed by atoms with Crippen LogP contribution in [0.15, 0.2) is 90.1 Å². The molecule has 0 radical (unpaired) electrons. The fourth-order valence-corrected chi connectivity index (χ4v) is 3.68. The summed E-state index contributed by atoms with van der Waals surface area (Å²) in [6.07, 6.45) is 1.76. The number of carbonyl (C=O) groups is 1. The van der Waals surface area contributed by atoms with Crippen LogP contribution in [0.25, 0.3) is 22.4 Å². The first-order valence-electron chi connectivity index (χ1n) is 10.7. The van der Waals surface area contributed by atoms with Gasteiger partial charge in [-0.1, -0.05) is 47.5 Å². The van der Waals surface area contributed by atoms with E-state index in [0.717, 1.165) is 27.9 Å². The lowest BCUT2D eigenvalue weighted by atomic mass is 9.98. The number of rotatable bonds is 6. The van der Waals surface area contributed by atoms with Gasteiger partial charge in [0.05, 0.1) is 12.8 Å². The van der Waals surface area contributed by atoms with Crippen LogP contribution in [0.3, 0.4) is 0 Å². The molecule has 0 unspecified atom stereocenters. The fraction of sp³-hybridized carbons (Fsp3) is 0.0741. The third-order valence-electron chi connectivity index (χ3n) is 5.25. The molecule has 6 nitrogen and oxygen atoms in total. The monoisotopic (exact) mass is 504 g/mol. The third-order valence-corrected chi connectivity index (χ3v) is 5.75. The van der Waals surface area contributed by atoms with Crippen molar-refractivity contribution in [2.75, 3.05) is 7.11 Å². The lowest BCUT2D eigenvalue weighted by Crippen LogP contribution is -2.32. The minimum atomic E-state index is -0.448. The first-order chi connectivity index (χ1) is 16.9. The van der Waals surface area contributed by atoms with Gasteiger partial charge in [0.1, 0.15) is 5.75 Å². The van der Waals surface area contributed by atoms with Gasteiger partial charge in [0.25, 0.3) is 5.91 Å². The van der Waals surface area contributed by atoms with Crippen LogP contribution in [0.2, 0.25) is 10.0 Å². The number of hydrogen-bond acceptors (Lipinski definition) is 3. The van der Waals surface area contributed by atoms with Gasteiger partial charge in [-0.25, -0.2) is 0 Å². The Labute approximate surface area is 213 Å². The Hall–Kier alpha value is -3.87. The van der Waals surface area contributed by atoms with Crippen LogP contribution in [0, 0.1) is 0 Å². The van der Waals surface area contributed by atoms with Crippen LogP contribution in [0.5, 0.6) is 5.75 Å². The average molecular weight is 505 g/mol. The molecule has 0 bridgehead atoms. The predicted octanol–water partition coefficient (Wildman–Crippen LogP) is 5.98. The maximum Gasteiger partial charge on any atom is 0.280 e. The molecule has 0 saturated carbocycles. The van der Waals surface area contributed by atoms with Crippen molar-refractivity contribution in [3.8, 4) is 28.1 Å². The van der Waals surface area contributed by atoms with Gasteiger partial charge in [-0.05, 0) is 65.7 Å². The number of nitrogens with zero attached hydrogens (tertiary/aromatic N) is 2. The molecule has 176 valence electrons. The number of pyridine rings is 1. The normalized spacial score (nSPS) is 11.2. The largest absolute Gasteiger partial charge is 0.497 e. The number of benzene rings is 3. The highest BCUT2D eigenvalue weighted by Crippen LogP contribution is 2.32. The third kappa shape index (κ3) is 6.18. The van der Waals surface area contributed by atoms with E-state index in [1.807, 2.05) is 54.6 Å². The number of halogens is 2. The van der Waals surface area contributed by atoms with Gasteiger partial charge in [0.2, 0.25) is 0 Å². The predicted molar refractivity (Wildman–Crippen MR) is 141 cm³/mol. The highest BCUT2D eigenvalue weighted by molar-refractivity contribution is 6.31. The lowest BCUT2D eigenvalue weighted by Gasteiger charge is -2.13. The molecule has 1 amide bonds. The first kappa shape index (κ1) is 24.3. The second-order valence-electron chi connectivity index (χ2n) is 7.64. The molecule has 1 aromatic heterocycles. The van der Waals surface area contributed by atoms with Crippen LogP contribution >= 0.6 is 23.2 Å². The molecule has 4 aromatic rings. The summed E-state index contributed by atoms with van der Waals surface area (Å²) in [5.41, 5.74) is 10.9. The van der Waals surface area contributed by atoms with Crippen LogP contribution in [0.1, 0.15) is 15.9 Å². The Morgan fingerprint density at radius 3 is 2.14 bits per heavy atom. The molecule has 1 heterocycles. The Morgan fingerprint density at radius 2 is 1.54 bits per heavy atom. The minimum Gasteiger partial charge on any atom is -0.497 e. The molecule has 0 spiro atoms. The number of nitrogens with one attached hydrogen (secondary N) is 1. The fourth-order valence-electron chi connectivity index (χ4n) is 3.43. The second kappa shape index (κ2) is 11.0. The Balaban J connectivity index is 1.56. The van der Waals surface area contributed by atoms with Gasteiger partial charge in [-0.2, -0.15) is 4.99 Å². The summed E-state index contributed by atoms with van der Waals surface area (Å²) < 4.78 is 5.10. The Kier molecular flexibility index (Phi) is 7.65. The molecule has 0 fully saturated rings. The molecule has 0 atom stereocenters. The smallest absolute Gasteiger partial charge is 0.280 e. The van der Waals surface area contributed by atoms with Crippen LogP contribution in [-0.4, -0.2) is 24.0 Å². The van der Waals surface area contributed by atoms with Gasteiger partial charge in [0.15, 0.2) is 5.96 Å². The van der Waals surface area contributed by atoms with Crippen molar-refractivity contribution in [2.45, 2.75) is 6.54 Å². The first-order valence-corrected chi connectivity index (χ1v) is 11.5. The lowest BCUT2D eigenvalue weighted by molar-refractivity contribution is 0.100. The number of guanidine groups is 1. The Bertz CT molecular complexity index is 1350. The summed E-state index contributed by atoms with van der Waals surface area (Å²) in [6.45, 7) is 0.333. The molecule has 0 aliphatic rings. The van der Waals surface area contributed by atoms with E-state index < -0.39 is 5.91 Å². The number of amides is 1. The van der Waals surface area contributed by atoms with E-state index >= 15 is 0 Å². The van der Waals surface area contributed by atoms with Crippen molar-refractivity contribution in [1.82, 2.24) is 10.3 Å². The van der Waals surface area contributed by atoms with E-state index in [9.17, 15) is 4.79 Å². The quantitative estimate of drug-likeness (QED) is 0.249. The second-order valence-corrected chi connectivity index (χ2v) is 8.51. The highest BCUT2D eigenvalue weighted by atomic mass is 35.5. The molecule has 3 N–H and O–H groups in total. The van der Waals surface area contributed by atoms with Gasteiger partial charge in [-0.3, -0.25) is 9.78 Å². The van der Waals surface area contributed by atoms with Crippen LogP contribution in [0.4, 0.5) is 0 Å². The van der Waals surface area contributed by atoms with Crippen molar-refractivity contribution in [3.63, 3.8) is 0 Å². The number of aromatic nitrogens is 1. The number of hydrogen-bond donors (Lipinski definition) is 2. The van der Waals surface area contributed by atoms with E-state index in [4.69, 9.17) is 38.7 Å². The van der Waals surface area contributed by atoms with E-state index in [1.54, 1.807) is 37.6 Å². The number of nitrogens with two attached hydrogens (primary N) is 1.